The second kappa shape index (κ2) is 9.82. The third-order valence-corrected chi connectivity index (χ3v) is 4.57. The highest BCUT2D eigenvalue weighted by atomic mass is 16.7. The van der Waals surface area contributed by atoms with E-state index in [2.05, 4.69) is 10.6 Å². The molecule has 0 radical (unpaired) electrons. The Labute approximate surface area is 170 Å². The number of nitrogens with one attached hydrogen (secondary N) is 2. The fourth-order valence-corrected chi connectivity index (χ4v) is 3.06. The Morgan fingerprint density at radius 1 is 1.14 bits per heavy atom. The molecule has 0 aliphatic carbocycles. The van der Waals surface area contributed by atoms with Crippen molar-refractivity contribution in [1.82, 2.24) is 10.6 Å². The van der Waals surface area contributed by atoms with Gasteiger partial charge in [-0.05, 0) is 50.1 Å². The predicted molar refractivity (Wildman–Crippen MR) is 108 cm³/mol. The number of hydrogen-bond acceptors (Lipinski definition) is 5. The Morgan fingerprint density at radius 3 is 2.76 bits per heavy atom. The molecule has 154 valence electrons. The molecule has 1 atom stereocenters. The molecule has 0 saturated carbocycles. The van der Waals surface area contributed by atoms with Crippen LogP contribution in [0.2, 0.25) is 0 Å². The van der Waals surface area contributed by atoms with Gasteiger partial charge in [-0.15, -0.1) is 0 Å². The maximum absolute atomic E-state index is 12.3. The summed E-state index contributed by atoms with van der Waals surface area (Å²) in [5.74, 6) is 1.69. The number of hydrogen-bond donors (Lipinski definition) is 2. The van der Waals surface area contributed by atoms with Gasteiger partial charge in [0.2, 0.25) is 12.7 Å². The Kier molecular flexibility index (Phi) is 6.94. The fraction of sp³-hybridized carbons (Fsp3) is 0.364. The second-order valence-corrected chi connectivity index (χ2v) is 6.69. The summed E-state index contributed by atoms with van der Waals surface area (Å²) in [6.45, 7) is 4.91. The van der Waals surface area contributed by atoms with Crippen LogP contribution in [0.1, 0.15) is 48.7 Å². The molecular weight excluding hydrogens is 372 g/mol. The van der Waals surface area contributed by atoms with Crippen LogP contribution in [0.5, 0.6) is 17.2 Å². The lowest BCUT2D eigenvalue weighted by molar-refractivity contribution is -0.121. The standard InChI is InChI=1S/C22H26N2O5/c1-3-27-18-8-5-4-7-17(18)22(26)23-12-6-9-21(25)24-15(2)16-10-11-19-20(13-16)29-14-28-19/h4-5,7-8,10-11,13,15H,3,6,9,12,14H2,1-2H3,(H,23,26)(H,24,25). The van der Waals surface area contributed by atoms with Crippen molar-refractivity contribution in [3.05, 3.63) is 53.6 Å². The van der Waals surface area contributed by atoms with Crippen LogP contribution in [0, 0.1) is 0 Å². The number of carbonyl (C=O) groups is 2. The third kappa shape index (κ3) is 5.40. The molecule has 1 heterocycles. The predicted octanol–water partition coefficient (Wildman–Crippen LogP) is 3.20. The van der Waals surface area contributed by atoms with Gasteiger partial charge >= 0.3 is 0 Å². The van der Waals surface area contributed by atoms with Crippen LogP contribution in [0.25, 0.3) is 0 Å². The summed E-state index contributed by atoms with van der Waals surface area (Å²) in [6, 6.07) is 12.6. The Bertz CT molecular complexity index is 868. The lowest BCUT2D eigenvalue weighted by Crippen LogP contribution is -2.29. The van der Waals surface area contributed by atoms with E-state index in [0.717, 1.165) is 5.56 Å². The first kappa shape index (κ1) is 20.5. The van der Waals surface area contributed by atoms with Gasteiger partial charge in [0.25, 0.3) is 5.91 Å². The summed E-state index contributed by atoms with van der Waals surface area (Å²) in [5.41, 5.74) is 1.44. The first-order chi connectivity index (χ1) is 14.1. The van der Waals surface area contributed by atoms with Gasteiger partial charge < -0.3 is 24.8 Å². The van der Waals surface area contributed by atoms with Crippen molar-refractivity contribution in [2.75, 3.05) is 19.9 Å². The molecule has 2 N–H and O–H groups in total. The van der Waals surface area contributed by atoms with Crippen LogP contribution in [0.15, 0.2) is 42.5 Å². The zero-order valence-corrected chi connectivity index (χ0v) is 16.7. The molecule has 29 heavy (non-hydrogen) atoms. The Balaban J connectivity index is 1.41. The van der Waals surface area contributed by atoms with Crippen LogP contribution in [0.4, 0.5) is 0 Å². The Morgan fingerprint density at radius 2 is 1.93 bits per heavy atom. The van der Waals surface area contributed by atoms with E-state index >= 15 is 0 Å². The average Bonchev–Trinajstić information content (AvgIpc) is 3.19. The summed E-state index contributed by atoms with van der Waals surface area (Å²) < 4.78 is 16.1. The molecule has 3 rings (SSSR count). The second-order valence-electron chi connectivity index (χ2n) is 6.69. The van der Waals surface area contributed by atoms with Gasteiger partial charge in [-0.3, -0.25) is 9.59 Å². The quantitative estimate of drug-likeness (QED) is 0.634. The monoisotopic (exact) mass is 398 g/mol. The largest absolute Gasteiger partial charge is 0.493 e. The number of para-hydroxylation sites is 1. The van der Waals surface area contributed by atoms with Crippen molar-refractivity contribution in [2.24, 2.45) is 0 Å². The normalized spacial score (nSPS) is 12.9. The maximum Gasteiger partial charge on any atom is 0.255 e. The fourth-order valence-electron chi connectivity index (χ4n) is 3.06. The molecule has 7 nitrogen and oxygen atoms in total. The lowest BCUT2D eigenvalue weighted by atomic mass is 10.1. The van der Waals surface area contributed by atoms with E-state index in [4.69, 9.17) is 14.2 Å². The molecule has 1 aliphatic rings. The van der Waals surface area contributed by atoms with E-state index in [1.54, 1.807) is 18.2 Å². The van der Waals surface area contributed by atoms with Gasteiger partial charge in [-0.2, -0.15) is 0 Å². The van der Waals surface area contributed by atoms with Crippen molar-refractivity contribution in [3.63, 3.8) is 0 Å². The van der Waals surface area contributed by atoms with E-state index < -0.39 is 0 Å². The molecular formula is C22H26N2O5. The molecule has 1 unspecified atom stereocenters. The number of fused-ring (bicyclic) bond motifs is 1. The van der Waals surface area contributed by atoms with Crippen molar-refractivity contribution >= 4 is 11.8 Å². The minimum absolute atomic E-state index is 0.0702. The summed E-state index contributed by atoms with van der Waals surface area (Å²) in [7, 11) is 0. The van der Waals surface area contributed by atoms with Crippen molar-refractivity contribution in [3.8, 4) is 17.2 Å². The zero-order valence-electron chi connectivity index (χ0n) is 16.7. The molecule has 0 aromatic heterocycles. The van der Waals surface area contributed by atoms with Gasteiger partial charge in [0.1, 0.15) is 5.75 Å². The van der Waals surface area contributed by atoms with Crippen LogP contribution in [-0.4, -0.2) is 31.8 Å². The van der Waals surface area contributed by atoms with Crippen molar-refractivity contribution in [2.45, 2.75) is 32.7 Å². The highest BCUT2D eigenvalue weighted by Crippen LogP contribution is 2.34. The van der Waals surface area contributed by atoms with Gasteiger partial charge in [0, 0.05) is 13.0 Å². The topological polar surface area (TPSA) is 85.9 Å². The molecule has 0 bridgehead atoms. The lowest BCUT2D eigenvalue weighted by Gasteiger charge is -2.15. The van der Waals surface area contributed by atoms with Crippen molar-refractivity contribution in [1.29, 1.82) is 0 Å². The first-order valence-electron chi connectivity index (χ1n) is 9.77. The highest BCUT2D eigenvalue weighted by Gasteiger charge is 2.17. The van der Waals surface area contributed by atoms with E-state index in [1.165, 1.54) is 0 Å². The third-order valence-electron chi connectivity index (χ3n) is 4.57. The van der Waals surface area contributed by atoms with Crippen LogP contribution in [0.3, 0.4) is 0 Å². The molecule has 0 spiro atoms. The molecule has 2 aromatic rings. The van der Waals surface area contributed by atoms with Gasteiger partial charge in [-0.25, -0.2) is 0 Å². The molecule has 1 aliphatic heterocycles. The minimum Gasteiger partial charge on any atom is -0.493 e. The maximum atomic E-state index is 12.3. The van der Waals surface area contributed by atoms with Gasteiger partial charge in [-0.1, -0.05) is 18.2 Å². The van der Waals surface area contributed by atoms with E-state index in [0.29, 0.717) is 48.8 Å². The SMILES string of the molecule is CCOc1ccccc1C(=O)NCCCC(=O)NC(C)c1ccc2c(c1)OCO2. The van der Waals surface area contributed by atoms with E-state index in [-0.39, 0.29) is 24.6 Å². The Hall–Kier alpha value is -3.22. The van der Waals surface area contributed by atoms with Crippen LogP contribution >= 0.6 is 0 Å². The molecule has 0 fully saturated rings. The molecule has 7 heteroatoms. The van der Waals surface area contributed by atoms with Crippen molar-refractivity contribution < 1.29 is 23.8 Å². The van der Waals surface area contributed by atoms with E-state index in [1.807, 2.05) is 38.1 Å². The highest BCUT2D eigenvalue weighted by molar-refractivity contribution is 5.96. The molecule has 2 aromatic carbocycles. The summed E-state index contributed by atoms with van der Waals surface area (Å²) >= 11 is 0. The average molecular weight is 398 g/mol. The van der Waals surface area contributed by atoms with Crippen LogP contribution in [-0.2, 0) is 4.79 Å². The summed E-state index contributed by atoms with van der Waals surface area (Å²) in [6.07, 6.45) is 0.866. The van der Waals surface area contributed by atoms with E-state index in [9.17, 15) is 9.59 Å². The summed E-state index contributed by atoms with van der Waals surface area (Å²) in [4.78, 5) is 24.5. The first-order valence-corrected chi connectivity index (χ1v) is 9.77. The smallest absolute Gasteiger partial charge is 0.255 e. The van der Waals surface area contributed by atoms with Crippen LogP contribution < -0.4 is 24.8 Å². The summed E-state index contributed by atoms with van der Waals surface area (Å²) in [5, 5.41) is 5.80. The number of carbonyl (C=O) groups excluding carboxylic acids is 2. The molecule has 2 amide bonds. The van der Waals surface area contributed by atoms with Gasteiger partial charge in [0.05, 0.1) is 18.2 Å². The molecule has 0 saturated heterocycles. The van der Waals surface area contributed by atoms with Gasteiger partial charge in [0.15, 0.2) is 11.5 Å². The number of ether oxygens (including phenoxy) is 3. The minimum atomic E-state index is -0.205. The zero-order chi connectivity index (χ0) is 20.6. The number of amides is 2. The number of rotatable bonds is 9. The number of benzene rings is 2.